The van der Waals surface area contributed by atoms with E-state index in [1.165, 1.54) is 0 Å². The molecule has 0 bridgehead atoms. The third kappa shape index (κ3) is 1.57. The van der Waals surface area contributed by atoms with Gasteiger partial charge in [0.1, 0.15) is 5.65 Å². The van der Waals surface area contributed by atoms with Crippen molar-refractivity contribution in [2.24, 2.45) is 0 Å². The highest BCUT2D eigenvalue weighted by Gasteiger charge is 2.07. The van der Waals surface area contributed by atoms with Crippen LogP contribution in [0.1, 0.15) is 0 Å². The molecular weight excluding hydrogens is 246 g/mol. The van der Waals surface area contributed by atoms with E-state index in [0.717, 1.165) is 38.6 Å². The minimum atomic E-state index is 0.808. The van der Waals surface area contributed by atoms with E-state index in [2.05, 4.69) is 40.3 Å². The summed E-state index contributed by atoms with van der Waals surface area (Å²) in [6.07, 6.45) is 3.79. The van der Waals surface area contributed by atoms with Gasteiger partial charge >= 0.3 is 0 Å². The molecule has 0 amide bonds. The van der Waals surface area contributed by atoms with Gasteiger partial charge in [0.15, 0.2) is 0 Å². The van der Waals surface area contributed by atoms with E-state index >= 15 is 0 Å². The highest BCUT2D eigenvalue weighted by molar-refractivity contribution is 6.00. The standard InChI is InChI=1S/C17H13N3/c18-16-5-1-3-11-6-7-12(9-14(11)16)15-10-20-17-13(15)4-2-8-19-17/h1-10H,18H2,(H,19,20). The number of nitrogens with zero attached hydrogens (tertiary/aromatic N) is 1. The largest absolute Gasteiger partial charge is 0.398 e. The first-order valence-corrected chi connectivity index (χ1v) is 6.54. The second kappa shape index (κ2) is 4.10. The molecule has 96 valence electrons. The molecule has 3 N–H and O–H groups in total. The van der Waals surface area contributed by atoms with Gasteiger partial charge in [-0.1, -0.05) is 24.3 Å². The quantitative estimate of drug-likeness (QED) is 0.508. The number of nitrogens with one attached hydrogen (secondary N) is 1. The Morgan fingerprint density at radius 3 is 2.85 bits per heavy atom. The van der Waals surface area contributed by atoms with Gasteiger partial charge in [0.05, 0.1) is 0 Å². The van der Waals surface area contributed by atoms with Crippen LogP contribution in [0.15, 0.2) is 60.9 Å². The predicted octanol–water partition coefficient (Wildman–Crippen LogP) is 3.97. The normalized spacial score (nSPS) is 11.2. The summed E-state index contributed by atoms with van der Waals surface area (Å²) in [6.45, 7) is 0. The summed E-state index contributed by atoms with van der Waals surface area (Å²) in [5.41, 5.74) is 10.1. The molecule has 0 unspecified atom stereocenters. The zero-order valence-corrected chi connectivity index (χ0v) is 10.8. The average molecular weight is 259 g/mol. The molecule has 0 radical (unpaired) electrons. The van der Waals surface area contributed by atoms with E-state index in [0.29, 0.717) is 0 Å². The fourth-order valence-corrected chi connectivity index (χ4v) is 2.66. The van der Waals surface area contributed by atoms with Crippen LogP contribution in [0.5, 0.6) is 0 Å². The maximum Gasteiger partial charge on any atom is 0.137 e. The third-order valence-corrected chi connectivity index (χ3v) is 3.68. The molecule has 0 saturated carbocycles. The van der Waals surface area contributed by atoms with Crippen LogP contribution in [0.25, 0.3) is 32.9 Å². The Bertz CT molecular complexity index is 922. The Balaban J connectivity index is 2.00. The van der Waals surface area contributed by atoms with Gasteiger partial charge < -0.3 is 10.7 Å². The van der Waals surface area contributed by atoms with Crippen LogP contribution in [0.4, 0.5) is 5.69 Å². The summed E-state index contributed by atoms with van der Waals surface area (Å²) in [6, 6.07) is 16.4. The van der Waals surface area contributed by atoms with Gasteiger partial charge in [0, 0.05) is 34.4 Å². The number of nitrogens with two attached hydrogens (primary N) is 1. The molecule has 0 atom stereocenters. The van der Waals surface area contributed by atoms with Gasteiger partial charge in [-0.2, -0.15) is 0 Å². The first-order valence-electron chi connectivity index (χ1n) is 6.54. The lowest BCUT2D eigenvalue weighted by Gasteiger charge is -2.05. The molecule has 20 heavy (non-hydrogen) atoms. The lowest BCUT2D eigenvalue weighted by molar-refractivity contribution is 1.33. The zero-order chi connectivity index (χ0) is 13.5. The number of H-pyrrole nitrogens is 1. The Morgan fingerprint density at radius 2 is 1.90 bits per heavy atom. The van der Waals surface area contributed by atoms with E-state index in [1.54, 1.807) is 6.20 Å². The second-order valence-corrected chi connectivity index (χ2v) is 4.89. The molecule has 0 fully saturated rings. The molecule has 4 aromatic rings. The molecule has 3 heteroatoms. The van der Waals surface area contributed by atoms with Crippen molar-refractivity contribution in [2.75, 3.05) is 5.73 Å². The number of hydrogen-bond acceptors (Lipinski definition) is 2. The van der Waals surface area contributed by atoms with Crippen molar-refractivity contribution in [1.29, 1.82) is 0 Å². The van der Waals surface area contributed by atoms with Crippen molar-refractivity contribution in [3.8, 4) is 11.1 Å². The summed E-state index contributed by atoms with van der Waals surface area (Å²) in [7, 11) is 0. The predicted molar refractivity (Wildman–Crippen MR) is 83.4 cm³/mol. The number of hydrogen-bond donors (Lipinski definition) is 2. The summed E-state index contributed by atoms with van der Waals surface area (Å²) in [4.78, 5) is 7.53. The minimum absolute atomic E-state index is 0.808. The first-order chi connectivity index (χ1) is 9.83. The molecule has 2 aromatic heterocycles. The first kappa shape index (κ1) is 11.1. The average Bonchev–Trinajstić information content (AvgIpc) is 2.91. The van der Waals surface area contributed by atoms with E-state index in [9.17, 15) is 0 Å². The number of pyridine rings is 1. The van der Waals surface area contributed by atoms with E-state index in [1.807, 2.05) is 24.4 Å². The van der Waals surface area contributed by atoms with Crippen molar-refractivity contribution in [3.63, 3.8) is 0 Å². The van der Waals surface area contributed by atoms with Crippen molar-refractivity contribution >= 4 is 27.5 Å². The van der Waals surface area contributed by atoms with Crippen molar-refractivity contribution in [1.82, 2.24) is 9.97 Å². The molecule has 0 spiro atoms. The molecule has 0 aliphatic carbocycles. The number of aromatic amines is 1. The van der Waals surface area contributed by atoms with Crippen LogP contribution in [-0.4, -0.2) is 9.97 Å². The summed E-state index contributed by atoms with van der Waals surface area (Å²) in [5, 5.41) is 3.37. The minimum Gasteiger partial charge on any atom is -0.398 e. The van der Waals surface area contributed by atoms with Gasteiger partial charge in [0.2, 0.25) is 0 Å². The Kier molecular flexibility index (Phi) is 2.27. The number of aromatic nitrogens is 2. The monoisotopic (exact) mass is 259 g/mol. The van der Waals surface area contributed by atoms with E-state index < -0.39 is 0 Å². The molecule has 2 heterocycles. The summed E-state index contributed by atoms with van der Waals surface area (Å²) < 4.78 is 0. The van der Waals surface area contributed by atoms with Gasteiger partial charge in [0.25, 0.3) is 0 Å². The molecular formula is C17H13N3. The highest BCUT2D eigenvalue weighted by Crippen LogP contribution is 2.31. The van der Waals surface area contributed by atoms with Crippen molar-refractivity contribution < 1.29 is 0 Å². The smallest absolute Gasteiger partial charge is 0.137 e. The number of benzene rings is 2. The van der Waals surface area contributed by atoms with Crippen LogP contribution in [0.3, 0.4) is 0 Å². The fourth-order valence-electron chi connectivity index (χ4n) is 2.66. The maximum atomic E-state index is 6.07. The van der Waals surface area contributed by atoms with Crippen LogP contribution in [0.2, 0.25) is 0 Å². The van der Waals surface area contributed by atoms with Gasteiger partial charge in [-0.15, -0.1) is 0 Å². The van der Waals surface area contributed by atoms with E-state index in [4.69, 9.17) is 5.73 Å². The molecule has 3 nitrogen and oxygen atoms in total. The lowest BCUT2D eigenvalue weighted by Crippen LogP contribution is -1.86. The maximum absolute atomic E-state index is 6.07. The number of fused-ring (bicyclic) bond motifs is 2. The second-order valence-electron chi connectivity index (χ2n) is 4.89. The Labute approximate surface area is 116 Å². The van der Waals surface area contributed by atoms with Crippen LogP contribution in [0, 0.1) is 0 Å². The number of nitrogen functional groups attached to an aromatic ring is 1. The summed E-state index contributed by atoms with van der Waals surface area (Å²) >= 11 is 0. The highest BCUT2D eigenvalue weighted by atomic mass is 14.8. The fraction of sp³-hybridized carbons (Fsp3) is 0. The number of rotatable bonds is 1. The molecule has 2 aromatic carbocycles. The van der Waals surface area contributed by atoms with E-state index in [-0.39, 0.29) is 0 Å². The van der Waals surface area contributed by atoms with Crippen molar-refractivity contribution in [2.45, 2.75) is 0 Å². The Hall–Kier alpha value is -2.81. The molecule has 4 rings (SSSR count). The Morgan fingerprint density at radius 1 is 0.950 bits per heavy atom. The molecule has 0 aliphatic heterocycles. The van der Waals surface area contributed by atoms with Gasteiger partial charge in [-0.05, 0) is 35.2 Å². The summed E-state index contributed by atoms with van der Waals surface area (Å²) in [5.74, 6) is 0. The zero-order valence-electron chi connectivity index (χ0n) is 10.8. The van der Waals surface area contributed by atoms with Crippen molar-refractivity contribution in [3.05, 3.63) is 60.9 Å². The molecule has 0 aliphatic rings. The lowest BCUT2D eigenvalue weighted by atomic mass is 10.0. The SMILES string of the molecule is Nc1cccc2ccc(-c3c[nH]c4ncccc34)cc12. The van der Waals surface area contributed by atoms with Crippen LogP contribution >= 0.6 is 0 Å². The van der Waals surface area contributed by atoms with Gasteiger partial charge in [-0.25, -0.2) is 4.98 Å². The van der Waals surface area contributed by atoms with Gasteiger partial charge in [-0.3, -0.25) is 0 Å². The van der Waals surface area contributed by atoms with Crippen LogP contribution < -0.4 is 5.73 Å². The third-order valence-electron chi connectivity index (χ3n) is 3.68. The molecule has 0 saturated heterocycles. The van der Waals surface area contributed by atoms with Crippen LogP contribution in [-0.2, 0) is 0 Å². The number of anilines is 1. The topological polar surface area (TPSA) is 54.7 Å².